The fourth-order valence-corrected chi connectivity index (χ4v) is 4.26. The number of rotatable bonds is 12. The molecule has 49 heavy (non-hydrogen) atoms. The first-order valence-electron chi connectivity index (χ1n) is 14.6. The second-order valence-corrected chi connectivity index (χ2v) is 10.2. The molecule has 0 bridgehead atoms. The predicted molar refractivity (Wildman–Crippen MR) is 169 cm³/mol. The summed E-state index contributed by atoms with van der Waals surface area (Å²) in [5.41, 5.74) is 0.737. The maximum absolute atomic E-state index is 13.3. The van der Waals surface area contributed by atoms with Crippen LogP contribution in [0.5, 0.6) is 34.5 Å². The van der Waals surface area contributed by atoms with Crippen molar-refractivity contribution in [1.29, 1.82) is 0 Å². The van der Waals surface area contributed by atoms with Gasteiger partial charge in [0.15, 0.2) is 23.0 Å². The average Bonchev–Trinajstić information content (AvgIpc) is 3.03. The van der Waals surface area contributed by atoms with Crippen molar-refractivity contribution in [2.24, 2.45) is 0 Å². The molecular weight excluding hydrogens is 640 g/mol. The van der Waals surface area contributed by atoms with Gasteiger partial charge in [0.2, 0.25) is 11.5 Å². The zero-order chi connectivity index (χ0) is 35.5. The first-order valence-corrected chi connectivity index (χ1v) is 14.6. The molecule has 13 nitrogen and oxygen atoms in total. The van der Waals surface area contributed by atoms with Gasteiger partial charge in [0.1, 0.15) is 13.2 Å². The first-order chi connectivity index (χ1) is 23.4. The van der Waals surface area contributed by atoms with Crippen LogP contribution in [0, 0.1) is 0 Å². The van der Waals surface area contributed by atoms with E-state index >= 15 is 0 Å². The van der Waals surface area contributed by atoms with Crippen molar-refractivity contribution >= 4 is 35.8 Å². The molecule has 4 aromatic carbocycles. The van der Waals surface area contributed by atoms with Crippen molar-refractivity contribution < 1.29 is 61.9 Å². The monoisotopic (exact) mass is 670 g/mol. The number of carbonyl (C=O) groups is 6. The number of esters is 6. The van der Waals surface area contributed by atoms with Crippen molar-refractivity contribution in [1.82, 2.24) is 0 Å². The Kier molecular flexibility index (Phi) is 11.8. The molecule has 0 amide bonds. The van der Waals surface area contributed by atoms with E-state index < -0.39 is 35.8 Å². The second-order valence-electron chi connectivity index (χ2n) is 10.2. The van der Waals surface area contributed by atoms with E-state index in [-0.39, 0.29) is 58.8 Å². The van der Waals surface area contributed by atoms with Crippen molar-refractivity contribution in [3.8, 4) is 34.5 Å². The van der Waals surface area contributed by atoms with Gasteiger partial charge in [-0.25, -0.2) is 9.59 Å². The van der Waals surface area contributed by atoms with Crippen LogP contribution < -0.4 is 28.4 Å². The van der Waals surface area contributed by atoms with Crippen LogP contribution in [0.2, 0.25) is 0 Å². The Bertz CT molecular complexity index is 1670. The lowest BCUT2D eigenvalue weighted by molar-refractivity contribution is -0.133. The molecule has 0 heterocycles. The highest BCUT2D eigenvalue weighted by Crippen LogP contribution is 2.42. The molecular formula is C36H30O13. The molecule has 4 aromatic rings. The van der Waals surface area contributed by atoms with Crippen LogP contribution in [0.3, 0.4) is 0 Å². The summed E-state index contributed by atoms with van der Waals surface area (Å²) in [4.78, 5) is 74.4. The van der Waals surface area contributed by atoms with Gasteiger partial charge in [-0.3, -0.25) is 19.2 Å². The fourth-order valence-electron chi connectivity index (χ4n) is 4.26. The van der Waals surface area contributed by atoms with Gasteiger partial charge in [-0.15, -0.1) is 0 Å². The summed E-state index contributed by atoms with van der Waals surface area (Å²) >= 11 is 0. The Morgan fingerprint density at radius 3 is 1.00 bits per heavy atom. The second kappa shape index (κ2) is 16.4. The van der Waals surface area contributed by atoms with E-state index in [1.54, 1.807) is 48.5 Å². The molecule has 0 aromatic heterocycles. The third kappa shape index (κ3) is 10.2. The summed E-state index contributed by atoms with van der Waals surface area (Å²) in [6, 6.07) is 22.1. The highest BCUT2D eigenvalue weighted by molar-refractivity contribution is 6.04. The molecule has 0 atom stereocenters. The molecule has 0 unspecified atom stereocenters. The molecule has 0 aliphatic carbocycles. The molecule has 0 aliphatic rings. The zero-order valence-corrected chi connectivity index (χ0v) is 26.8. The van der Waals surface area contributed by atoms with E-state index in [1.165, 1.54) is 0 Å². The van der Waals surface area contributed by atoms with Crippen molar-refractivity contribution in [2.75, 3.05) is 0 Å². The van der Waals surface area contributed by atoms with Gasteiger partial charge >= 0.3 is 35.8 Å². The van der Waals surface area contributed by atoms with E-state index in [2.05, 4.69) is 0 Å². The number of hydrogen-bond donors (Lipinski definition) is 0. The van der Waals surface area contributed by atoms with E-state index in [9.17, 15) is 28.8 Å². The highest BCUT2D eigenvalue weighted by Gasteiger charge is 2.26. The minimum Gasteiger partial charge on any atom is -0.482 e. The van der Waals surface area contributed by atoms with Crippen LogP contribution in [0.4, 0.5) is 0 Å². The summed E-state index contributed by atoms with van der Waals surface area (Å²) < 4.78 is 37.7. The van der Waals surface area contributed by atoms with Crippen LogP contribution in [0.1, 0.15) is 59.5 Å². The van der Waals surface area contributed by atoms with Crippen LogP contribution >= 0.6 is 0 Å². The van der Waals surface area contributed by atoms with Gasteiger partial charge in [0.05, 0.1) is 11.1 Å². The number of hydrogen-bond acceptors (Lipinski definition) is 13. The van der Waals surface area contributed by atoms with E-state index in [4.69, 9.17) is 33.2 Å². The number of benzene rings is 4. The number of carbonyl (C=O) groups excluding carboxylic acids is 6. The van der Waals surface area contributed by atoms with Gasteiger partial charge in [-0.05, 0) is 35.4 Å². The van der Waals surface area contributed by atoms with E-state index in [0.29, 0.717) is 0 Å². The predicted octanol–water partition coefficient (Wildman–Crippen LogP) is 5.54. The Labute approximate surface area is 280 Å². The van der Waals surface area contributed by atoms with Gasteiger partial charge in [0, 0.05) is 27.7 Å². The van der Waals surface area contributed by atoms with E-state index in [1.807, 2.05) is 12.1 Å². The van der Waals surface area contributed by atoms with Gasteiger partial charge in [-0.2, -0.15) is 0 Å². The SMILES string of the molecule is CC(=O)Oc1cc(C(=O)OC(=O)c2cc(OC(C)=O)c(OCc3ccccc3)c(OC(C)=O)c2)cc(OC(C)=O)c1OCc1ccccc1. The molecule has 0 spiro atoms. The summed E-state index contributed by atoms with van der Waals surface area (Å²) in [6.07, 6.45) is 0. The van der Waals surface area contributed by atoms with E-state index in [0.717, 1.165) is 63.1 Å². The third-order valence-corrected chi connectivity index (χ3v) is 6.17. The summed E-state index contributed by atoms with van der Waals surface area (Å²) in [6.45, 7) is 4.38. The molecule has 4 rings (SSSR count). The third-order valence-electron chi connectivity index (χ3n) is 6.17. The first kappa shape index (κ1) is 35.4. The lowest BCUT2D eigenvalue weighted by atomic mass is 10.1. The summed E-state index contributed by atoms with van der Waals surface area (Å²) in [5.74, 6) is -7.17. The maximum atomic E-state index is 13.3. The Morgan fingerprint density at radius 2 is 0.735 bits per heavy atom. The standard InChI is InChI=1S/C36H30O13/c1-21(37)45-29-15-27(16-30(46-22(2)38)33(29)43-19-25-11-7-5-8-12-25)35(41)49-36(42)28-17-31(47-23(3)39)34(32(18-28)48-24(4)40)44-20-26-13-9-6-10-14-26/h5-18H,19-20H2,1-4H3. The maximum Gasteiger partial charge on any atom is 0.346 e. The molecule has 0 saturated heterocycles. The van der Waals surface area contributed by atoms with Gasteiger partial charge in [-0.1, -0.05) is 60.7 Å². The molecule has 0 aliphatic heterocycles. The Hall–Kier alpha value is -6.50. The molecule has 0 radical (unpaired) electrons. The normalized spacial score (nSPS) is 10.3. The minimum atomic E-state index is -1.26. The Balaban J connectivity index is 1.68. The summed E-state index contributed by atoms with van der Waals surface area (Å²) in [7, 11) is 0. The molecule has 0 saturated carbocycles. The quantitative estimate of drug-likeness (QED) is 0.105. The average molecular weight is 671 g/mol. The minimum absolute atomic E-state index is 0.0218. The lowest BCUT2D eigenvalue weighted by Crippen LogP contribution is -2.16. The van der Waals surface area contributed by atoms with Crippen LogP contribution in [0.25, 0.3) is 0 Å². The topological polar surface area (TPSA) is 167 Å². The van der Waals surface area contributed by atoms with Gasteiger partial charge < -0.3 is 33.2 Å². The zero-order valence-electron chi connectivity index (χ0n) is 26.8. The van der Waals surface area contributed by atoms with Crippen molar-refractivity contribution in [2.45, 2.75) is 40.9 Å². The Morgan fingerprint density at radius 1 is 0.449 bits per heavy atom. The molecule has 252 valence electrons. The van der Waals surface area contributed by atoms with Crippen LogP contribution in [-0.4, -0.2) is 35.8 Å². The van der Waals surface area contributed by atoms with Crippen LogP contribution in [0.15, 0.2) is 84.9 Å². The van der Waals surface area contributed by atoms with Gasteiger partial charge in [0.25, 0.3) is 0 Å². The number of ether oxygens (including phenoxy) is 7. The highest BCUT2D eigenvalue weighted by atomic mass is 16.6. The lowest BCUT2D eigenvalue weighted by Gasteiger charge is -2.17. The molecule has 0 fully saturated rings. The van der Waals surface area contributed by atoms with Crippen LogP contribution in [-0.2, 0) is 37.1 Å². The molecule has 0 N–H and O–H groups in total. The summed E-state index contributed by atoms with van der Waals surface area (Å²) in [5, 5.41) is 0. The fraction of sp³-hybridized carbons (Fsp3) is 0.167. The molecule has 13 heteroatoms. The largest absolute Gasteiger partial charge is 0.482 e. The van der Waals surface area contributed by atoms with Crippen molar-refractivity contribution in [3.63, 3.8) is 0 Å². The van der Waals surface area contributed by atoms with Crippen molar-refractivity contribution in [3.05, 3.63) is 107 Å². The smallest absolute Gasteiger partial charge is 0.346 e.